The van der Waals surface area contributed by atoms with Gasteiger partial charge in [0.15, 0.2) is 0 Å². The smallest absolute Gasteiger partial charge is 0.255 e. The molecule has 0 bridgehead atoms. The molecule has 0 spiro atoms. The van der Waals surface area contributed by atoms with E-state index >= 15 is 0 Å². The number of hydrogen-bond donors (Lipinski definition) is 2. The van der Waals surface area contributed by atoms with Crippen molar-refractivity contribution in [2.45, 2.75) is 13.0 Å². The first-order chi connectivity index (χ1) is 8.70. The number of aromatic nitrogens is 2. The number of nitrogens with zero attached hydrogens (tertiary/aromatic N) is 1. The van der Waals surface area contributed by atoms with Crippen LogP contribution in [0.5, 0.6) is 0 Å². The number of benzene rings is 1. The number of carbonyl (C=O) groups excluding carboxylic acids is 1. The lowest BCUT2D eigenvalue weighted by Gasteiger charge is -2.10. The van der Waals surface area contributed by atoms with E-state index in [0.29, 0.717) is 12.6 Å². The second-order valence-corrected chi connectivity index (χ2v) is 3.86. The fourth-order valence-corrected chi connectivity index (χ4v) is 1.52. The molecule has 94 valence electrons. The third kappa shape index (κ3) is 2.75. The number of hydrogen-bond acceptors (Lipinski definition) is 3. The van der Waals surface area contributed by atoms with Crippen molar-refractivity contribution in [1.82, 2.24) is 9.97 Å². The molecule has 1 atom stereocenters. The lowest BCUT2D eigenvalue weighted by atomic mass is 10.3. The van der Waals surface area contributed by atoms with Crippen LogP contribution in [0.3, 0.4) is 0 Å². The number of ether oxygens (including phenoxy) is 1. The summed E-state index contributed by atoms with van der Waals surface area (Å²) in [7, 11) is 0. The van der Waals surface area contributed by atoms with Gasteiger partial charge in [0.1, 0.15) is 6.10 Å². The first kappa shape index (κ1) is 12.3. The number of aromatic amines is 1. The normalized spacial score (nSPS) is 12.3. The van der Waals surface area contributed by atoms with E-state index in [1.54, 1.807) is 13.0 Å². The van der Waals surface area contributed by atoms with Gasteiger partial charge in [-0.05, 0) is 19.1 Å². The monoisotopic (exact) mass is 245 g/mol. The van der Waals surface area contributed by atoms with Crippen LogP contribution >= 0.6 is 0 Å². The van der Waals surface area contributed by atoms with Gasteiger partial charge in [-0.1, -0.05) is 18.2 Å². The summed E-state index contributed by atoms with van der Waals surface area (Å²) in [4.78, 5) is 19.0. The molecule has 0 saturated heterocycles. The number of fused-ring (bicyclic) bond motifs is 1. The van der Waals surface area contributed by atoms with Crippen molar-refractivity contribution in [1.29, 1.82) is 0 Å². The lowest BCUT2D eigenvalue weighted by molar-refractivity contribution is -0.125. The van der Waals surface area contributed by atoms with E-state index < -0.39 is 6.10 Å². The highest BCUT2D eigenvalue weighted by atomic mass is 16.5. The van der Waals surface area contributed by atoms with Crippen LogP contribution in [0, 0.1) is 0 Å². The highest BCUT2D eigenvalue weighted by molar-refractivity contribution is 5.93. The molecule has 18 heavy (non-hydrogen) atoms. The Morgan fingerprint density at radius 1 is 1.61 bits per heavy atom. The maximum atomic E-state index is 11.8. The Morgan fingerprint density at radius 2 is 2.39 bits per heavy atom. The molecule has 0 aliphatic rings. The topological polar surface area (TPSA) is 67.0 Å². The lowest BCUT2D eigenvalue weighted by Crippen LogP contribution is -2.28. The van der Waals surface area contributed by atoms with Gasteiger partial charge in [-0.3, -0.25) is 10.1 Å². The molecular weight excluding hydrogens is 230 g/mol. The molecule has 5 nitrogen and oxygen atoms in total. The highest BCUT2D eigenvalue weighted by Crippen LogP contribution is 2.13. The number of nitrogens with one attached hydrogen (secondary N) is 2. The van der Waals surface area contributed by atoms with Crippen LogP contribution in [0.25, 0.3) is 11.0 Å². The predicted octanol–water partition coefficient (Wildman–Crippen LogP) is 2.09. The Hall–Kier alpha value is -2.14. The molecule has 0 aliphatic heterocycles. The second kappa shape index (κ2) is 5.46. The minimum absolute atomic E-state index is 0.240. The van der Waals surface area contributed by atoms with Crippen LogP contribution in [0.4, 0.5) is 5.95 Å². The zero-order chi connectivity index (χ0) is 13.0. The van der Waals surface area contributed by atoms with Gasteiger partial charge in [-0.15, -0.1) is 6.58 Å². The molecule has 1 amide bonds. The molecule has 2 N–H and O–H groups in total. The SMILES string of the molecule is C=CCO[C@H](C)C(=O)Nc1nc2ccccc2[nH]1. The molecule has 1 heterocycles. The summed E-state index contributed by atoms with van der Waals surface area (Å²) in [5.41, 5.74) is 1.69. The van der Waals surface area contributed by atoms with Gasteiger partial charge in [0, 0.05) is 0 Å². The zero-order valence-electron chi connectivity index (χ0n) is 10.1. The van der Waals surface area contributed by atoms with Crippen molar-refractivity contribution in [3.8, 4) is 0 Å². The molecule has 2 aromatic rings. The quantitative estimate of drug-likeness (QED) is 0.793. The number of rotatable bonds is 5. The van der Waals surface area contributed by atoms with E-state index in [-0.39, 0.29) is 5.91 Å². The summed E-state index contributed by atoms with van der Waals surface area (Å²) in [6, 6.07) is 7.57. The average Bonchev–Trinajstić information content (AvgIpc) is 2.77. The Kier molecular flexibility index (Phi) is 3.74. The van der Waals surface area contributed by atoms with E-state index in [0.717, 1.165) is 11.0 Å². The third-order valence-electron chi connectivity index (χ3n) is 2.46. The van der Waals surface area contributed by atoms with Crippen LogP contribution < -0.4 is 5.32 Å². The van der Waals surface area contributed by atoms with Gasteiger partial charge in [0.2, 0.25) is 5.95 Å². The molecule has 0 fully saturated rings. The molecule has 0 saturated carbocycles. The van der Waals surface area contributed by atoms with Crippen LogP contribution in [0.1, 0.15) is 6.92 Å². The van der Waals surface area contributed by atoms with Crippen molar-refractivity contribution >= 4 is 22.9 Å². The highest BCUT2D eigenvalue weighted by Gasteiger charge is 2.14. The summed E-state index contributed by atoms with van der Waals surface area (Å²) in [6.45, 7) is 5.55. The fraction of sp³-hybridized carbons (Fsp3) is 0.231. The number of amides is 1. The van der Waals surface area contributed by atoms with Crippen molar-refractivity contribution < 1.29 is 9.53 Å². The molecule has 0 unspecified atom stereocenters. The van der Waals surface area contributed by atoms with Gasteiger partial charge in [0.25, 0.3) is 5.91 Å². The number of H-pyrrole nitrogens is 1. The minimum Gasteiger partial charge on any atom is -0.365 e. The molecule has 0 aliphatic carbocycles. The van der Waals surface area contributed by atoms with Gasteiger partial charge < -0.3 is 9.72 Å². The summed E-state index contributed by atoms with van der Waals surface area (Å²) in [6.07, 6.45) is 1.06. The molecule has 1 aromatic carbocycles. The molecule has 5 heteroatoms. The van der Waals surface area contributed by atoms with Crippen molar-refractivity contribution in [3.63, 3.8) is 0 Å². The summed E-state index contributed by atoms with van der Waals surface area (Å²) in [5, 5.41) is 2.68. The number of imidazole rings is 1. The van der Waals surface area contributed by atoms with Gasteiger partial charge in [-0.25, -0.2) is 4.98 Å². The minimum atomic E-state index is -0.545. The standard InChI is InChI=1S/C13H15N3O2/c1-3-8-18-9(2)12(17)16-13-14-10-6-4-5-7-11(10)15-13/h3-7,9H,1,8H2,2H3,(H2,14,15,16,17)/t9-/m1/s1. The summed E-state index contributed by atoms with van der Waals surface area (Å²) < 4.78 is 5.23. The first-order valence-corrected chi connectivity index (χ1v) is 5.69. The summed E-state index contributed by atoms with van der Waals surface area (Å²) in [5.74, 6) is 0.186. The van der Waals surface area contributed by atoms with Crippen molar-refractivity contribution in [2.24, 2.45) is 0 Å². The largest absolute Gasteiger partial charge is 0.365 e. The van der Waals surface area contributed by atoms with Crippen LogP contribution in [0.15, 0.2) is 36.9 Å². The van der Waals surface area contributed by atoms with E-state index in [2.05, 4.69) is 21.9 Å². The predicted molar refractivity (Wildman–Crippen MR) is 70.3 cm³/mol. The van der Waals surface area contributed by atoms with E-state index in [1.807, 2.05) is 24.3 Å². The molecule has 1 aromatic heterocycles. The zero-order valence-corrected chi connectivity index (χ0v) is 10.1. The van der Waals surface area contributed by atoms with Crippen LogP contribution in [-0.4, -0.2) is 28.6 Å². The number of carbonyl (C=O) groups is 1. The van der Waals surface area contributed by atoms with E-state index in [9.17, 15) is 4.79 Å². The van der Waals surface area contributed by atoms with Gasteiger partial charge in [0.05, 0.1) is 17.6 Å². The number of para-hydroxylation sites is 2. The Balaban J connectivity index is 2.04. The van der Waals surface area contributed by atoms with Crippen LogP contribution in [-0.2, 0) is 9.53 Å². The van der Waals surface area contributed by atoms with Crippen molar-refractivity contribution in [3.05, 3.63) is 36.9 Å². The van der Waals surface area contributed by atoms with Crippen molar-refractivity contribution in [2.75, 3.05) is 11.9 Å². The van der Waals surface area contributed by atoms with Gasteiger partial charge in [-0.2, -0.15) is 0 Å². The van der Waals surface area contributed by atoms with E-state index in [4.69, 9.17) is 4.74 Å². The van der Waals surface area contributed by atoms with Gasteiger partial charge >= 0.3 is 0 Å². The third-order valence-corrected chi connectivity index (χ3v) is 2.46. The average molecular weight is 245 g/mol. The molecular formula is C13H15N3O2. The first-order valence-electron chi connectivity index (χ1n) is 5.69. The Bertz CT molecular complexity index is 529. The molecule has 0 radical (unpaired) electrons. The molecule has 2 rings (SSSR count). The second-order valence-electron chi connectivity index (χ2n) is 3.86. The number of anilines is 1. The Labute approximate surface area is 105 Å². The summed E-state index contributed by atoms with van der Waals surface area (Å²) >= 11 is 0. The van der Waals surface area contributed by atoms with Crippen LogP contribution in [0.2, 0.25) is 0 Å². The van der Waals surface area contributed by atoms with E-state index in [1.165, 1.54) is 0 Å². The fourth-order valence-electron chi connectivity index (χ4n) is 1.52. The Morgan fingerprint density at radius 3 is 3.11 bits per heavy atom. The maximum absolute atomic E-state index is 11.8. The maximum Gasteiger partial charge on any atom is 0.255 e.